The van der Waals surface area contributed by atoms with Crippen LogP contribution in [0.15, 0.2) is 41.2 Å². The lowest BCUT2D eigenvalue weighted by Gasteiger charge is -2.30. The molecule has 5 N–H and O–H groups in total. The van der Waals surface area contributed by atoms with Gasteiger partial charge in [0.2, 0.25) is 0 Å². The lowest BCUT2D eigenvalue weighted by atomic mass is 10.3. The van der Waals surface area contributed by atoms with Crippen LogP contribution in [0.3, 0.4) is 0 Å². The van der Waals surface area contributed by atoms with Gasteiger partial charge in [0.15, 0.2) is 5.84 Å². The molecule has 0 radical (unpaired) electrons. The number of para-hydroxylation sites is 1. The molecule has 78 valence electrons. The molecule has 1 aliphatic heterocycles. The molecule has 2 rings (SSSR count). The number of rotatable bonds is 1. The number of nitrogens with two attached hydrogens (primary N) is 1. The third-order valence-corrected chi connectivity index (χ3v) is 2.31. The van der Waals surface area contributed by atoms with Crippen molar-refractivity contribution in [3.63, 3.8) is 0 Å². The summed E-state index contributed by atoms with van der Waals surface area (Å²) in [7, 11) is 0. The number of nitrogens with one attached hydrogen (secondary N) is 3. The van der Waals surface area contributed by atoms with E-state index in [1.54, 1.807) is 0 Å². The fourth-order valence-corrected chi connectivity index (χ4v) is 1.36. The lowest BCUT2D eigenvalue weighted by Crippen LogP contribution is -2.55. The number of hydrogen-bond donors (Lipinski definition) is 4. The van der Waals surface area contributed by atoms with E-state index in [1.165, 1.54) is 5.01 Å². The summed E-state index contributed by atoms with van der Waals surface area (Å²) >= 11 is 5.73. The summed E-state index contributed by atoms with van der Waals surface area (Å²) in [5.74, 6) is 0.116. The normalized spacial score (nSPS) is 16.6. The maximum absolute atomic E-state index is 7.78. The molecule has 15 heavy (non-hydrogen) atoms. The fraction of sp³-hybridized carbons (Fsp3) is 0. The minimum absolute atomic E-state index is 0.116. The molecule has 0 unspecified atom stereocenters. The van der Waals surface area contributed by atoms with E-state index in [1.807, 2.05) is 30.3 Å². The molecule has 0 saturated carbocycles. The van der Waals surface area contributed by atoms with Crippen LogP contribution in [-0.4, -0.2) is 5.84 Å². The molecule has 1 aromatic carbocycles. The Morgan fingerprint density at radius 3 is 2.60 bits per heavy atom. The molecule has 1 heterocycles. The SMILES string of the molecule is N=C1C(N)=C(Cl)NNN1c1ccccc1. The van der Waals surface area contributed by atoms with Gasteiger partial charge in [0.05, 0.1) is 5.69 Å². The zero-order valence-corrected chi connectivity index (χ0v) is 8.55. The van der Waals surface area contributed by atoms with Crippen molar-refractivity contribution in [2.75, 3.05) is 5.01 Å². The van der Waals surface area contributed by atoms with E-state index in [-0.39, 0.29) is 16.7 Å². The summed E-state index contributed by atoms with van der Waals surface area (Å²) in [6.07, 6.45) is 0. The van der Waals surface area contributed by atoms with Crippen LogP contribution in [-0.2, 0) is 0 Å². The maximum atomic E-state index is 7.78. The van der Waals surface area contributed by atoms with Gasteiger partial charge in [-0.3, -0.25) is 10.8 Å². The Bertz CT molecular complexity index is 414. The highest BCUT2D eigenvalue weighted by molar-refractivity contribution is 6.32. The van der Waals surface area contributed by atoms with Gasteiger partial charge in [0.25, 0.3) is 0 Å². The van der Waals surface area contributed by atoms with Crippen molar-refractivity contribution < 1.29 is 0 Å². The molecule has 0 aliphatic carbocycles. The molecule has 0 amide bonds. The number of halogens is 1. The van der Waals surface area contributed by atoms with Crippen molar-refractivity contribution in [2.24, 2.45) is 5.73 Å². The van der Waals surface area contributed by atoms with Crippen molar-refractivity contribution in [3.8, 4) is 0 Å². The summed E-state index contributed by atoms with van der Waals surface area (Å²) in [5, 5.41) is 9.51. The Kier molecular flexibility index (Phi) is 2.49. The van der Waals surface area contributed by atoms with Gasteiger partial charge in [0.1, 0.15) is 10.9 Å². The summed E-state index contributed by atoms with van der Waals surface area (Å²) in [5.41, 5.74) is 12.1. The van der Waals surface area contributed by atoms with Crippen molar-refractivity contribution in [1.82, 2.24) is 11.0 Å². The van der Waals surface area contributed by atoms with Crippen LogP contribution in [0.25, 0.3) is 0 Å². The molecular weight excluding hydrogens is 214 g/mol. The van der Waals surface area contributed by atoms with Crippen LogP contribution in [0.2, 0.25) is 0 Å². The Balaban J connectivity index is 2.32. The largest absolute Gasteiger partial charge is 0.393 e. The van der Waals surface area contributed by atoms with Crippen molar-refractivity contribution in [3.05, 3.63) is 41.2 Å². The highest BCUT2D eigenvalue weighted by atomic mass is 35.5. The van der Waals surface area contributed by atoms with Crippen molar-refractivity contribution in [2.45, 2.75) is 0 Å². The summed E-state index contributed by atoms with van der Waals surface area (Å²) in [4.78, 5) is 0. The molecular formula is C9H10ClN5. The zero-order chi connectivity index (χ0) is 10.8. The van der Waals surface area contributed by atoms with Crippen LogP contribution in [0.5, 0.6) is 0 Å². The van der Waals surface area contributed by atoms with Gasteiger partial charge in [-0.25, -0.2) is 5.01 Å². The van der Waals surface area contributed by atoms with Gasteiger partial charge in [-0.15, -0.1) is 5.53 Å². The standard InChI is InChI=1S/C9H10ClN5/c10-8-7(11)9(12)15(14-13-8)6-4-2-1-3-5-6/h1-5,12-14H,11H2. The molecule has 0 aromatic heterocycles. The minimum atomic E-state index is 0.116. The van der Waals surface area contributed by atoms with Crippen LogP contribution >= 0.6 is 11.6 Å². The quantitative estimate of drug-likeness (QED) is 0.533. The first-order valence-electron chi connectivity index (χ1n) is 4.31. The van der Waals surface area contributed by atoms with E-state index in [2.05, 4.69) is 11.0 Å². The second-order valence-corrected chi connectivity index (χ2v) is 3.36. The molecule has 0 fully saturated rings. The van der Waals surface area contributed by atoms with Crippen LogP contribution in [0.4, 0.5) is 5.69 Å². The molecule has 6 heteroatoms. The number of amidine groups is 1. The van der Waals surface area contributed by atoms with Gasteiger partial charge in [0, 0.05) is 0 Å². The fourth-order valence-electron chi connectivity index (χ4n) is 1.22. The van der Waals surface area contributed by atoms with Crippen molar-refractivity contribution in [1.29, 1.82) is 5.41 Å². The van der Waals surface area contributed by atoms with Gasteiger partial charge in [-0.2, -0.15) is 0 Å². The Morgan fingerprint density at radius 1 is 1.27 bits per heavy atom. The summed E-state index contributed by atoms with van der Waals surface area (Å²) < 4.78 is 0. The van der Waals surface area contributed by atoms with E-state index in [9.17, 15) is 0 Å². The molecule has 1 aromatic rings. The van der Waals surface area contributed by atoms with E-state index >= 15 is 0 Å². The highest BCUT2D eigenvalue weighted by Crippen LogP contribution is 2.16. The molecule has 1 aliphatic rings. The maximum Gasteiger partial charge on any atom is 0.168 e. The predicted octanol–water partition coefficient (Wildman–Crippen LogP) is 0.860. The predicted molar refractivity (Wildman–Crippen MR) is 60.0 cm³/mol. The average molecular weight is 224 g/mol. The Hall–Kier alpha value is -1.72. The third kappa shape index (κ3) is 1.74. The van der Waals surface area contributed by atoms with Gasteiger partial charge >= 0.3 is 0 Å². The van der Waals surface area contributed by atoms with E-state index in [0.29, 0.717) is 0 Å². The summed E-state index contributed by atoms with van der Waals surface area (Å²) in [6.45, 7) is 0. The van der Waals surface area contributed by atoms with E-state index in [4.69, 9.17) is 22.7 Å². The van der Waals surface area contributed by atoms with Crippen LogP contribution in [0, 0.1) is 5.41 Å². The summed E-state index contributed by atoms with van der Waals surface area (Å²) in [6, 6.07) is 9.36. The number of hydrogen-bond acceptors (Lipinski definition) is 4. The molecule has 5 nitrogen and oxygen atoms in total. The second kappa shape index (κ2) is 3.80. The van der Waals surface area contributed by atoms with Gasteiger partial charge in [-0.1, -0.05) is 29.8 Å². The Labute approximate surface area is 92.0 Å². The first-order chi connectivity index (χ1) is 7.20. The highest BCUT2D eigenvalue weighted by Gasteiger charge is 2.21. The third-order valence-electron chi connectivity index (χ3n) is 2.01. The second-order valence-electron chi connectivity index (χ2n) is 2.98. The number of hydrazine groups is 2. The number of anilines is 1. The van der Waals surface area contributed by atoms with Gasteiger partial charge in [-0.05, 0) is 12.1 Å². The van der Waals surface area contributed by atoms with E-state index < -0.39 is 0 Å². The van der Waals surface area contributed by atoms with Gasteiger partial charge < -0.3 is 5.73 Å². The monoisotopic (exact) mass is 223 g/mol. The average Bonchev–Trinajstić information content (AvgIpc) is 2.27. The molecule has 0 saturated heterocycles. The van der Waals surface area contributed by atoms with Crippen molar-refractivity contribution >= 4 is 23.1 Å². The smallest absolute Gasteiger partial charge is 0.168 e. The lowest BCUT2D eigenvalue weighted by molar-refractivity contribution is 0.621. The first-order valence-corrected chi connectivity index (χ1v) is 4.69. The molecule has 0 spiro atoms. The van der Waals surface area contributed by atoms with Crippen LogP contribution in [0.1, 0.15) is 0 Å². The first kappa shape index (κ1) is 9.82. The number of nitrogens with zero attached hydrogens (tertiary/aromatic N) is 1. The Morgan fingerprint density at radius 2 is 1.93 bits per heavy atom. The zero-order valence-electron chi connectivity index (χ0n) is 7.79. The topological polar surface area (TPSA) is 77.2 Å². The van der Waals surface area contributed by atoms with Crippen LogP contribution < -0.4 is 21.7 Å². The minimum Gasteiger partial charge on any atom is -0.393 e. The van der Waals surface area contributed by atoms with E-state index in [0.717, 1.165) is 5.69 Å². The number of benzene rings is 1. The molecule has 0 bridgehead atoms. The molecule has 0 atom stereocenters.